The van der Waals surface area contributed by atoms with Crippen molar-refractivity contribution in [2.45, 2.75) is 32.6 Å². The molecule has 1 aliphatic heterocycles. The topological polar surface area (TPSA) is 59.8 Å². The largest absolute Gasteiger partial charge is 0.484 e. The molecule has 156 valence electrons. The third-order valence-corrected chi connectivity index (χ3v) is 5.72. The van der Waals surface area contributed by atoms with Crippen molar-refractivity contribution in [1.82, 2.24) is 0 Å². The van der Waals surface area contributed by atoms with Gasteiger partial charge in [0.15, 0.2) is 12.4 Å². The second kappa shape index (κ2) is 8.92. The van der Waals surface area contributed by atoms with Crippen LogP contribution in [0.1, 0.15) is 42.1 Å². The molecule has 0 aliphatic carbocycles. The number of carbonyl (C=O) groups excluding carboxylic acids is 1. The van der Waals surface area contributed by atoms with E-state index in [-0.39, 0.29) is 12.4 Å². The predicted octanol–water partition coefficient (Wildman–Crippen LogP) is 5.26. The van der Waals surface area contributed by atoms with Crippen molar-refractivity contribution < 1.29 is 13.9 Å². The standard InChI is InChI=1S/C24H24ClNO4/c1-2-5-17-12-24(28)30-22-14-23(20(25)13-19(17)22)29-15-21(27)16-6-8-18(9-7-16)26-10-3-4-11-26/h6-9,12-14H,2-5,10-11,15H2,1H3. The summed E-state index contributed by atoms with van der Waals surface area (Å²) in [5.41, 5.74) is 2.62. The summed E-state index contributed by atoms with van der Waals surface area (Å²) in [6.45, 7) is 4.02. The van der Waals surface area contributed by atoms with Crippen LogP contribution in [0.2, 0.25) is 5.02 Å². The van der Waals surface area contributed by atoms with E-state index < -0.39 is 5.63 Å². The van der Waals surface area contributed by atoms with E-state index in [1.165, 1.54) is 18.9 Å². The minimum Gasteiger partial charge on any atom is -0.484 e. The summed E-state index contributed by atoms with van der Waals surface area (Å²) in [6, 6.07) is 12.4. The zero-order valence-electron chi connectivity index (χ0n) is 16.9. The molecular formula is C24H24ClNO4. The number of fused-ring (bicyclic) bond motifs is 1. The van der Waals surface area contributed by atoms with Gasteiger partial charge in [-0.15, -0.1) is 0 Å². The third kappa shape index (κ3) is 4.36. The molecule has 1 aliphatic rings. The number of hydrogen-bond donors (Lipinski definition) is 0. The second-order valence-corrected chi connectivity index (χ2v) is 7.98. The van der Waals surface area contributed by atoms with E-state index in [4.69, 9.17) is 20.8 Å². The molecule has 0 radical (unpaired) electrons. The first-order chi connectivity index (χ1) is 14.5. The highest BCUT2D eigenvalue weighted by molar-refractivity contribution is 6.32. The molecule has 3 aromatic rings. The quantitative estimate of drug-likeness (QED) is 0.381. The summed E-state index contributed by atoms with van der Waals surface area (Å²) in [5, 5.41) is 1.17. The number of benzene rings is 2. The van der Waals surface area contributed by atoms with Crippen LogP contribution in [0.5, 0.6) is 5.75 Å². The number of anilines is 1. The van der Waals surface area contributed by atoms with Gasteiger partial charge >= 0.3 is 5.63 Å². The normalized spacial score (nSPS) is 13.7. The Morgan fingerprint density at radius 3 is 2.57 bits per heavy atom. The molecule has 2 aromatic carbocycles. The molecule has 1 saturated heterocycles. The van der Waals surface area contributed by atoms with E-state index in [0.29, 0.717) is 21.9 Å². The molecule has 0 saturated carbocycles. The van der Waals surface area contributed by atoms with Crippen molar-refractivity contribution in [3.8, 4) is 5.75 Å². The monoisotopic (exact) mass is 425 g/mol. The Kier molecular flexibility index (Phi) is 6.09. The van der Waals surface area contributed by atoms with Crippen molar-refractivity contribution in [2.24, 2.45) is 0 Å². The molecule has 5 nitrogen and oxygen atoms in total. The van der Waals surface area contributed by atoms with Crippen molar-refractivity contribution in [2.75, 3.05) is 24.6 Å². The number of ether oxygens (including phenoxy) is 1. The fourth-order valence-electron chi connectivity index (χ4n) is 3.87. The summed E-state index contributed by atoms with van der Waals surface area (Å²) in [5.74, 6) is 0.184. The molecule has 2 heterocycles. The minimum atomic E-state index is -0.409. The Morgan fingerprint density at radius 2 is 1.87 bits per heavy atom. The first-order valence-electron chi connectivity index (χ1n) is 10.3. The number of carbonyl (C=O) groups is 1. The molecule has 0 N–H and O–H groups in total. The maximum Gasteiger partial charge on any atom is 0.336 e. The van der Waals surface area contributed by atoms with Gasteiger partial charge in [0.25, 0.3) is 0 Å². The number of hydrogen-bond acceptors (Lipinski definition) is 5. The summed E-state index contributed by atoms with van der Waals surface area (Å²) in [4.78, 5) is 26.7. The highest BCUT2D eigenvalue weighted by Gasteiger charge is 2.15. The van der Waals surface area contributed by atoms with E-state index in [1.807, 2.05) is 31.2 Å². The van der Waals surface area contributed by atoms with Gasteiger partial charge in [0.05, 0.1) is 5.02 Å². The molecule has 4 rings (SSSR count). The van der Waals surface area contributed by atoms with Gasteiger partial charge in [0.2, 0.25) is 0 Å². The van der Waals surface area contributed by atoms with Crippen LogP contribution in [0.15, 0.2) is 51.7 Å². The lowest BCUT2D eigenvalue weighted by atomic mass is 10.1. The summed E-state index contributed by atoms with van der Waals surface area (Å²) < 4.78 is 11.0. The van der Waals surface area contributed by atoms with Crippen molar-refractivity contribution in [3.63, 3.8) is 0 Å². The summed E-state index contributed by atoms with van der Waals surface area (Å²) in [7, 11) is 0. The average Bonchev–Trinajstić information content (AvgIpc) is 3.28. The molecule has 0 bridgehead atoms. The van der Waals surface area contributed by atoms with Gasteiger partial charge in [-0.05, 0) is 55.2 Å². The van der Waals surface area contributed by atoms with E-state index in [0.717, 1.165) is 42.6 Å². The highest BCUT2D eigenvalue weighted by Crippen LogP contribution is 2.32. The average molecular weight is 426 g/mol. The molecule has 1 aromatic heterocycles. The Hall–Kier alpha value is -2.79. The van der Waals surface area contributed by atoms with Gasteiger partial charge in [-0.1, -0.05) is 24.9 Å². The van der Waals surface area contributed by atoms with Crippen LogP contribution >= 0.6 is 11.6 Å². The summed E-state index contributed by atoms with van der Waals surface area (Å²) in [6.07, 6.45) is 4.08. The van der Waals surface area contributed by atoms with Crippen molar-refractivity contribution >= 4 is 34.0 Å². The van der Waals surface area contributed by atoms with Crippen LogP contribution in [0.25, 0.3) is 11.0 Å². The van der Waals surface area contributed by atoms with Gasteiger partial charge in [-0.2, -0.15) is 0 Å². The van der Waals surface area contributed by atoms with Crippen LogP contribution in [0, 0.1) is 0 Å². The molecule has 6 heteroatoms. The fraction of sp³-hybridized carbons (Fsp3) is 0.333. The van der Waals surface area contributed by atoms with Gasteiger partial charge in [-0.3, -0.25) is 4.79 Å². The smallest absolute Gasteiger partial charge is 0.336 e. The van der Waals surface area contributed by atoms with Crippen LogP contribution in [-0.4, -0.2) is 25.5 Å². The van der Waals surface area contributed by atoms with Crippen LogP contribution in [0.4, 0.5) is 5.69 Å². The Labute approximate surface area is 180 Å². The number of nitrogens with zero attached hydrogens (tertiary/aromatic N) is 1. The van der Waals surface area contributed by atoms with Gasteiger partial charge in [0.1, 0.15) is 11.3 Å². The molecule has 0 unspecified atom stereocenters. The Bertz CT molecular complexity index is 1110. The van der Waals surface area contributed by atoms with E-state index in [2.05, 4.69) is 4.90 Å². The number of Topliss-reactive ketones (excluding diaryl/α,β-unsaturated/α-hetero) is 1. The van der Waals surface area contributed by atoms with E-state index >= 15 is 0 Å². The van der Waals surface area contributed by atoms with Crippen molar-refractivity contribution in [1.29, 1.82) is 0 Å². The van der Waals surface area contributed by atoms with Crippen LogP contribution in [0.3, 0.4) is 0 Å². The number of aryl methyl sites for hydroxylation is 1. The predicted molar refractivity (Wildman–Crippen MR) is 119 cm³/mol. The fourth-order valence-corrected chi connectivity index (χ4v) is 4.09. The lowest BCUT2D eigenvalue weighted by Gasteiger charge is -2.17. The third-order valence-electron chi connectivity index (χ3n) is 5.42. The van der Waals surface area contributed by atoms with Crippen molar-refractivity contribution in [3.05, 3.63) is 69.0 Å². The van der Waals surface area contributed by atoms with Gasteiger partial charge in [0, 0.05) is 41.9 Å². The molecule has 0 atom stereocenters. The first-order valence-corrected chi connectivity index (χ1v) is 10.7. The minimum absolute atomic E-state index is 0.139. The zero-order chi connectivity index (χ0) is 21.1. The number of rotatable bonds is 7. The molecular weight excluding hydrogens is 402 g/mol. The molecule has 1 fully saturated rings. The highest BCUT2D eigenvalue weighted by atomic mass is 35.5. The maximum atomic E-state index is 12.6. The van der Waals surface area contributed by atoms with Crippen LogP contribution in [-0.2, 0) is 6.42 Å². The first kappa shape index (κ1) is 20.5. The van der Waals surface area contributed by atoms with Gasteiger partial charge in [-0.25, -0.2) is 4.79 Å². The Morgan fingerprint density at radius 1 is 1.13 bits per heavy atom. The second-order valence-electron chi connectivity index (χ2n) is 7.57. The van der Waals surface area contributed by atoms with E-state index in [1.54, 1.807) is 12.1 Å². The molecule has 30 heavy (non-hydrogen) atoms. The van der Waals surface area contributed by atoms with E-state index in [9.17, 15) is 9.59 Å². The number of ketones is 1. The lowest BCUT2D eigenvalue weighted by Crippen LogP contribution is -2.18. The lowest BCUT2D eigenvalue weighted by molar-refractivity contribution is 0.0921. The number of halogens is 1. The zero-order valence-corrected chi connectivity index (χ0v) is 17.7. The summed E-state index contributed by atoms with van der Waals surface area (Å²) >= 11 is 6.38. The molecule has 0 amide bonds. The SMILES string of the molecule is CCCc1cc(=O)oc2cc(OCC(=O)c3ccc(N4CCCC4)cc3)c(Cl)cc12. The van der Waals surface area contributed by atoms with Crippen LogP contribution < -0.4 is 15.3 Å². The van der Waals surface area contributed by atoms with Gasteiger partial charge < -0.3 is 14.1 Å². The molecule has 0 spiro atoms. The Balaban J connectivity index is 1.49. The maximum absolute atomic E-state index is 12.6.